The molecule has 0 bridgehead atoms. The van der Waals surface area contributed by atoms with Crippen molar-refractivity contribution in [2.45, 2.75) is 13.3 Å². The predicted molar refractivity (Wildman–Crippen MR) is 89.8 cm³/mol. The van der Waals surface area contributed by atoms with Crippen LogP contribution in [0.2, 0.25) is 10.0 Å². The van der Waals surface area contributed by atoms with Crippen LogP contribution >= 0.6 is 23.2 Å². The van der Waals surface area contributed by atoms with E-state index in [0.717, 1.165) is 0 Å². The molecule has 0 aliphatic rings. The number of nitrogens with one attached hydrogen (secondary N) is 2. The first-order valence-corrected chi connectivity index (χ1v) is 7.41. The largest absolute Gasteiger partial charge is 0.326 e. The summed E-state index contributed by atoms with van der Waals surface area (Å²) < 4.78 is 0. The maximum atomic E-state index is 12.2. The molecule has 0 aliphatic carbocycles. The molecule has 0 spiro atoms. The van der Waals surface area contributed by atoms with Gasteiger partial charge in [-0.1, -0.05) is 36.2 Å². The van der Waals surface area contributed by atoms with Crippen LogP contribution in [-0.2, 0) is 4.79 Å². The number of carbonyl (C=O) groups excluding carboxylic acids is 2. The van der Waals surface area contributed by atoms with Gasteiger partial charge in [-0.25, -0.2) is 0 Å². The van der Waals surface area contributed by atoms with Crippen LogP contribution in [0.5, 0.6) is 0 Å². The lowest BCUT2D eigenvalue weighted by Crippen LogP contribution is -2.13. The van der Waals surface area contributed by atoms with E-state index < -0.39 is 0 Å². The summed E-state index contributed by atoms with van der Waals surface area (Å²) in [5.74, 6) is -0.409. The fraction of sp³-hybridized carbons (Fsp3) is 0.125. The molecule has 0 saturated carbocycles. The van der Waals surface area contributed by atoms with Gasteiger partial charge in [-0.2, -0.15) is 0 Å². The predicted octanol–water partition coefficient (Wildman–Crippen LogP) is 4.59. The van der Waals surface area contributed by atoms with E-state index in [1.54, 1.807) is 49.4 Å². The lowest BCUT2D eigenvalue weighted by atomic mass is 10.1. The number of anilines is 2. The van der Waals surface area contributed by atoms with Gasteiger partial charge in [0.05, 0.1) is 10.0 Å². The van der Waals surface area contributed by atoms with Gasteiger partial charge in [0, 0.05) is 23.4 Å². The van der Waals surface area contributed by atoms with Gasteiger partial charge in [0.15, 0.2) is 0 Å². The van der Waals surface area contributed by atoms with Crippen LogP contribution in [0.4, 0.5) is 11.4 Å². The zero-order valence-corrected chi connectivity index (χ0v) is 13.3. The second-order valence-electron chi connectivity index (χ2n) is 4.57. The summed E-state index contributed by atoms with van der Waals surface area (Å²) in [6, 6.07) is 11.5. The Labute approximate surface area is 138 Å². The van der Waals surface area contributed by atoms with Crippen molar-refractivity contribution >= 4 is 46.4 Å². The first kappa shape index (κ1) is 16.3. The van der Waals surface area contributed by atoms with Gasteiger partial charge in [-0.3, -0.25) is 9.59 Å². The second kappa shape index (κ2) is 7.29. The standard InChI is InChI=1S/C16H14Cl2N2O2/c1-2-15(21)19-11-5-3-4-10(8-11)16(22)20-12-6-7-13(17)14(18)9-12/h3-9H,2H2,1H3,(H,19,21)(H,20,22). The third-order valence-corrected chi connectivity index (χ3v) is 3.65. The smallest absolute Gasteiger partial charge is 0.255 e. The van der Waals surface area contributed by atoms with Gasteiger partial charge in [0.1, 0.15) is 0 Å². The molecule has 2 rings (SSSR count). The normalized spacial score (nSPS) is 10.1. The summed E-state index contributed by atoms with van der Waals surface area (Å²) >= 11 is 11.7. The SMILES string of the molecule is CCC(=O)Nc1cccc(C(=O)Nc2ccc(Cl)c(Cl)c2)c1. The molecule has 4 nitrogen and oxygen atoms in total. The molecule has 0 heterocycles. The van der Waals surface area contributed by atoms with Crippen molar-refractivity contribution in [3.63, 3.8) is 0 Å². The summed E-state index contributed by atoms with van der Waals surface area (Å²) in [7, 11) is 0. The summed E-state index contributed by atoms with van der Waals surface area (Å²) in [5, 5.41) is 6.22. The molecule has 2 N–H and O–H groups in total. The van der Waals surface area contributed by atoms with E-state index in [1.165, 1.54) is 0 Å². The van der Waals surface area contributed by atoms with Gasteiger partial charge >= 0.3 is 0 Å². The minimum atomic E-state index is -0.300. The van der Waals surface area contributed by atoms with Crippen LogP contribution < -0.4 is 10.6 Å². The molecule has 0 saturated heterocycles. The highest BCUT2D eigenvalue weighted by atomic mass is 35.5. The Balaban J connectivity index is 2.13. The summed E-state index contributed by atoms with van der Waals surface area (Å²) in [5.41, 5.74) is 1.55. The molecule has 114 valence electrons. The average Bonchev–Trinajstić information content (AvgIpc) is 2.51. The number of carbonyl (C=O) groups is 2. The first-order valence-electron chi connectivity index (χ1n) is 6.66. The van der Waals surface area contributed by atoms with Crippen molar-refractivity contribution in [3.05, 3.63) is 58.1 Å². The van der Waals surface area contributed by atoms with E-state index in [9.17, 15) is 9.59 Å². The highest BCUT2D eigenvalue weighted by molar-refractivity contribution is 6.42. The third-order valence-electron chi connectivity index (χ3n) is 2.91. The van der Waals surface area contributed by atoms with Gasteiger partial charge in [0.2, 0.25) is 5.91 Å². The Morgan fingerprint density at radius 3 is 2.36 bits per heavy atom. The average molecular weight is 337 g/mol. The van der Waals surface area contributed by atoms with Crippen molar-refractivity contribution < 1.29 is 9.59 Å². The molecular formula is C16H14Cl2N2O2. The van der Waals surface area contributed by atoms with Gasteiger partial charge in [0.25, 0.3) is 5.91 Å². The molecule has 2 aromatic carbocycles. The Morgan fingerprint density at radius 2 is 1.68 bits per heavy atom. The third kappa shape index (κ3) is 4.23. The maximum Gasteiger partial charge on any atom is 0.255 e. The highest BCUT2D eigenvalue weighted by Crippen LogP contribution is 2.25. The van der Waals surface area contributed by atoms with E-state index in [4.69, 9.17) is 23.2 Å². The molecule has 22 heavy (non-hydrogen) atoms. The van der Waals surface area contributed by atoms with E-state index in [2.05, 4.69) is 10.6 Å². The lowest BCUT2D eigenvalue weighted by Gasteiger charge is -2.08. The van der Waals surface area contributed by atoms with Crippen molar-refractivity contribution in [2.24, 2.45) is 0 Å². The van der Waals surface area contributed by atoms with E-state index in [0.29, 0.717) is 33.4 Å². The zero-order chi connectivity index (χ0) is 16.1. The first-order chi connectivity index (χ1) is 10.5. The Hall–Kier alpha value is -2.04. The van der Waals surface area contributed by atoms with Crippen molar-refractivity contribution in [3.8, 4) is 0 Å². The minimum Gasteiger partial charge on any atom is -0.326 e. The van der Waals surface area contributed by atoms with Crippen LogP contribution in [-0.4, -0.2) is 11.8 Å². The number of benzene rings is 2. The highest BCUT2D eigenvalue weighted by Gasteiger charge is 2.09. The molecule has 2 amide bonds. The molecular weight excluding hydrogens is 323 g/mol. The van der Waals surface area contributed by atoms with Crippen molar-refractivity contribution in [1.29, 1.82) is 0 Å². The fourth-order valence-corrected chi connectivity index (χ4v) is 2.06. The summed E-state index contributed by atoms with van der Waals surface area (Å²) in [6.45, 7) is 1.76. The summed E-state index contributed by atoms with van der Waals surface area (Å²) in [6.07, 6.45) is 0.375. The molecule has 6 heteroatoms. The van der Waals surface area contributed by atoms with Crippen LogP contribution in [0, 0.1) is 0 Å². The van der Waals surface area contributed by atoms with E-state index in [1.807, 2.05) is 0 Å². The Morgan fingerprint density at radius 1 is 0.955 bits per heavy atom. The molecule has 0 fully saturated rings. The van der Waals surface area contributed by atoms with Crippen LogP contribution in [0.3, 0.4) is 0 Å². The maximum absolute atomic E-state index is 12.2. The number of rotatable bonds is 4. The van der Waals surface area contributed by atoms with Gasteiger partial charge < -0.3 is 10.6 Å². The number of hydrogen-bond donors (Lipinski definition) is 2. The molecule has 0 aromatic heterocycles. The summed E-state index contributed by atoms with van der Waals surface area (Å²) in [4.78, 5) is 23.6. The Kier molecular flexibility index (Phi) is 5.41. The van der Waals surface area contributed by atoms with Crippen molar-refractivity contribution in [1.82, 2.24) is 0 Å². The molecule has 0 atom stereocenters. The van der Waals surface area contributed by atoms with Crippen molar-refractivity contribution in [2.75, 3.05) is 10.6 Å². The molecule has 0 aliphatic heterocycles. The van der Waals surface area contributed by atoms with Gasteiger partial charge in [-0.05, 0) is 36.4 Å². The topological polar surface area (TPSA) is 58.2 Å². The zero-order valence-electron chi connectivity index (χ0n) is 11.8. The quantitative estimate of drug-likeness (QED) is 0.857. The molecule has 2 aromatic rings. The number of halogens is 2. The fourth-order valence-electron chi connectivity index (χ4n) is 1.76. The minimum absolute atomic E-state index is 0.109. The Bertz CT molecular complexity index is 717. The van der Waals surface area contributed by atoms with Gasteiger partial charge in [-0.15, -0.1) is 0 Å². The van der Waals surface area contributed by atoms with E-state index in [-0.39, 0.29) is 11.8 Å². The second-order valence-corrected chi connectivity index (χ2v) is 5.38. The van der Waals surface area contributed by atoms with Crippen LogP contribution in [0.15, 0.2) is 42.5 Å². The van der Waals surface area contributed by atoms with Crippen LogP contribution in [0.25, 0.3) is 0 Å². The monoisotopic (exact) mass is 336 g/mol. The number of amides is 2. The van der Waals surface area contributed by atoms with Crippen LogP contribution in [0.1, 0.15) is 23.7 Å². The molecule has 0 radical (unpaired) electrons. The van der Waals surface area contributed by atoms with E-state index >= 15 is 0 Å². The molecule has 0 unspecified atom stereocenters. The number of hydrogen-bond acceptors (Lipinski definition) is 2. The lowest BCUT2D eigenvalue weighted by molar-refractivity contribution is -0.115.